The molecular weight excluding hydrogens is 192 g/mol. The number of aliphatic hydroxyl groups excluding tert-OH is 2. The third kappa shape index (κ3) is 3.92. The van der Waals surface area contributed by atoms with Gasteiger partial charge in [0.1, 0.15) is 6.10 Å². The molecule has 3 heteroatoms. The van der Waals surface area contributed by atoms with Gasteiger partial charge in [0.05, 0.1) is 0 Å². The van der Waals surface area contributed by atoms with Gasteiger partial charge in [-0.2, -0.15) is 0 Å². The minimum atomic E-state index is -1.09. The van der Waals surface area contributed by atoms with E-state index in [0.29, 0.717) is 0 Å². The lowest BCUT2D eigenvalue weighted by Crippen LogP contribution is -2.44. The van der Waals surface area contributed by atoms with Crippen LogP contribution in [0.3, 0.4) is 0 Å². The second-order valence-corrected chi connectivity index (χ2v) is 6.21. The molecule has 0 saturated heterocycles. The van der Waals surface area contributed by atoms with Gasteiger partial charge in [-0.05, 0) is 5.41 Å². The molecule has 0 aliphatic rings. The Hall–Kier alpha value is -0.410. The Morgan fingerprint density at radius 3 is 1.73 bits per heavy atom. The Labute approximate surface area is 92.5 Å². The van der Waals surface area contributed by atoms with Crippen molar-refractivity contribution in [1.29, 1.82) is 0 Å². The fourth-order valence-corrected chi connectivity index (χ4v) is 1.47. The fraction of sp³-hybridized carbons (Fsp3) is 0.917. The molecular formula is C12H24O3. The predicted octanol–water partition coefficient (Wildman–Crippen LogP) is 1.62. The standard InChI is InChI=1S/C12H24O3/c1-11(2,3)8(7-13)9(14)10(15)12(4,5)6/h8-9,13-14H,7H2,1-6H3/t8-,9+/m1/s1. The Morgan fingerprint density at radius 2 is 1.53 bits per heavy atom. The number of Topliss-reactive ketones (excluding diaryl/α,β-unsaturated/α-hetero) is 1. The van der Waals surface area contributed by atoms with Crippen LogP contribution in [0.5, 0.6) is 0 Å². The molecule has 0 spiro atoms. The Bertz CT molecular complexity index is 220. The summed E-state index contributed by atoms with van der Waals surface area (Å²) in [5.74, 6) is -0.624. The highest BCUT2D eigenvalue weighted by Crippen LogP contribution is 2.31. The van der Waals surface area contributed by atoms with Gasteiger partial charge >= 0.3 is 0 Å². The summed E-state index contributed by atoms with van der Waals surface area (Å²) in [6.45, 7) is 10.9. The molecule has 2 N–H and O–H groups in total. The molecule has 3 nitrogen and oxygen atoms in total. The second-order valence-electron chi connectivity index (χ2n) is 6.21. The number of carbonyl (C=O) groups excluding carboxylic acids is 1. The molecule has 0 aromatic carbocycles. The van der Waals surface area contributed by atoms with E-state index in [1.165, 1.54) is 0 Å². The zero-order valence-electron chi connectivity index (χ0n) is 10.7. The fourth-order valence-electron chi connectivity index (χ4n) is 1.47. The van der Waals surface area contributed by atoms with E-state index >= 15 is 0 Å². The van der Waals surface area contributed by atoms with Crippen LogP contribution in [0.15, 0.2) is 0 Å². The number of aliphatic hydroxyl groups is 2. The highest BCUT2D eigenvalue weighted by atomic mass is 16.3. The van der Waals surface area contributed by atoms with E-state index in [1.54, 1.807) is 20.8 Å². The summed E-state index contributed by atoms with van der Waals surface area (Å²) in [6, 6.07) is 0. The van der Waals surface area contributed by atoms with Crippen LogP contribution in [0.2, 0.25) is 0 Å². The van der Waals surface area contributed by atoms with Crippen LogP contribution in [0.4, 0.5) is 0 Å². The number of carbonyl (C=O) groups is 1. The Kier molecular flexibility index (Phi) is 4.49. The lowest BCUT2D eigenvalue weighted by atomic mass is 9.73. The molecule has 2 atom stereocenters. The van der Waals surface area contributed by atoms with Crippen LogP contribution in [0.25, 0.3) is 0 Å². The van der Waals surface area contributed by atoms with Crippen LogP contribution in [0, 0.1) is 16.7 Å². The molecule has 0 aromatic heterocycles. The minimum absolute atomic E-state index is 0.174. The SMILES string of the molecule is CC(C)(C)C(=O)[C@@H](O)[C@@H](CO)C(C)(C)C. The van der Waals surface area contributed by atoms with E-state index in [9.17, 15) is 15.0 Å². The van der Waals surface area contributed by atoms with Gasteiger partial charge in [0.15, 0.2) is 5.78 Å². The van der Waals surface area contributed by atoms with E-state index in [1.807, 2.05) is 20.8 Å². The number of hydrogen-bond donors (Lipinski definition) is 2. The summed E-state index contributed by atoms with van der Waals surface area (Å²) in [4.78, 5) is 11.9. The maximum atomic E-state index is 11.9. The maximum absolute atomic E-state index is 11.9. The van der Waals surface area contributed by atoms with Crippen molar-refractivity contribution in [3.8, 4) is 0 Å². The van der Waals surface area contributed by atoms with Gasteiger partial charge in [-0.15, -0.1) is 0 Å². The quantitative estimate of drug-likeness (QED) is 0.753. The molecule has 0 heterocycles. The minimum Gasteiger partial charge on any atom is -0.396 e. The lowest BCUT2D eigenvalue weighted by molar-refractivity contribution is -0.141. The summed E-state index contributed by atoms with van der Waals surface area (Å²) in [5.41, 5.74) is -0.854. The third-order valence-electron chi connectivity index (χ3n) is 2.70. The van der Waals surface area contributed by atoms with Crippen molar-refractivity contribution in [2.24, 2.45) is 16.7 Å². The molecule has 0 aliphatic carbocycles. The van der Waals surface area contributed by atoms with Gasteiger partial charge in [0, 0.05) is 17.9 Å². The molecule has 0 amide bonds. The Balaban J connectivity index is 4.83. The van der Waals surface area contributed by atoms with Gasteiger partial charge in [0.2, 0.25) is 0 Å². The first-order chi connectivity index (χ1) is 6.51. The van der Waals surface area contributed by atoms with Crippen molar-refractivity contribution in [1.82, 2.24) is 0 Å². The molecule has 15 heavy (non-hydrogen) atoms. The molecule has 90 valence electrons. The molecule has 0 rings (SSSR count). The van der Waals surface area contributed by atoms with E-state index < -0.39 is 17.4 Å². The van der Waals surface area contributed by atoms with Gasteiger partial charge in [-0.3, -0.25) is 4.79 Å². The normalized spacial score (nSPS) is 17.3. The molecule has 0 aromatic rings. The number of rotatable bonds is 3. The average Bonchev–Trinajstić information content (AvgIpc) is 1.99. The van der Waals surface area contributed by atoms with Gasteiger partial charge < -0.3 is 10.2 Å². The first-order valence-corrected chi connectivity index (χ1v) is 5.35. The van der Waals surface area contributed by atoms with Crippen molar-refractivity contribution in [3.05, 3.63) is 0 Å². The van der Waals surface area contributed by atoms with E-state index in [-0.39, 0.29) is 17.8 Å². The number of hydrogen-bond acceptors (Lipinski definition) is 3. The molecule has 0 unspecified atom stereocenters. The first-order valence-electron chi connectivity index (χ1n) is 5.35. The summed E-state index contributed by atoms with van der Waals surface area (Å²) in [5, 5.41) is 19.2. The molecule has 0 radical (unpaired) electrons. The topological polar surface area (TPSA) is 57.5 Å². The van der Waals surface area contributed by atoms with Crippen LogP contribution in [-0.2, 0) is 4.79 Å². The lowest BCUT2D eigenvalue weighted by Gasteiger charge is -2.34. The maximum Gasteiger partial charge on any atom is 0.166 e. The summed E-state index contributed by atoms with van der Waals surface area (Å²) >= 11 is 0. The van der Waals surface area contributed by atoms with Crippen molar-refractivity contribution in [3.63, 3.8) is 0 Å². The smallest absolute Gasteiger partial charge is 0.166 e. The van der Waals surface area contributed by atoms with E-state index in [0.717, 1.165) is 0 Å². The van der Waals surface area contributed by atoms with Gasteiger partial charge in [-0.1, -0.05) is 41.5 Å². The monoisotopic (exact) mass is 216 g/mol. The van der Waals surface area contributed by atoms with Crippen molar-refractivity contribution < 1.29 is 15.0 Å². The van der Waals surface area contributed by atoms with Crippen LogP contribution in [0.1, 0.15) is 41.5 Å². The largest absolute Gasteiger partial charge is 0.396 e. The summed E-state index contributed by atoms with van der Waals surface area (Å²) in [7, 11) is 0. The van der Waals surface area contributed by atoms with E-state index in [2.05, 4.69) is 0 Å². The zero-order chi connectivity index (χ0) is 12.4. The first kappa shape index (κ1) is 14.6. The van der Waals surface area contributed by atoms with Crippen molar-refractivity contribution in [2.45, 2.75) is 47.6 Å². The molecule has 0 saturated carbocycles. The van der Waals surface area contributed by atoms with Crippen molar-refractivity contribution >= 4 is 5.78 Å². The highest BCUT2D eigenvalue weighted by Gasteiger charge is 2.38. The summed E-state index contributed by atoms with van der Waals surface area (Å²) in [6.07, 6.45) is -1.09. The van der Waals surface area contributed by atoms with E-state index in [4.69, 9.17) is 0 Å². The third-order valence-corrected chi connectivity index (χ3v) is 2.70. The predicted molar refractivity (Wildman–Crippen MR) is 60.5 cm³/mol. The van der Waals surface area contributed by atoms with Crippen molar-refractivity contribution in [2.75, 3.05) is 6.61 Å². The molecule has 0 aliphatic heterocycles. The second kappa shape index (κ2) is 4.62. The zero-order valence-corrected chi connectivity index (χ0v) is 10.7. The van der Waals surface area contributed by atoms with Gasteiger partial charge in [0.25, 0.3) is 0 Å². The van der Waals surface area contributed by atoms with Crippen LogP contribution < -0.4 is 0 Å². The molecule has 0 fully saturated rings. The average molecular weight is 216 g/mol. The number of ketones is 1. The van der Waals surface area contributed by atoms with Crippen LogP contribution in [-0.4, -0.2) is 28.7 Å². The summed E-state index contributed by atoms with van der Waals surface area (Å²) < 4.78 is 0. The molecule has 0 bridgehead atoms. The van der Waals surface area contributed by atoms with Crippen LogP contribution >= 0.6 is 0 Å². The van der Waals surface area contributed by atoms with Gasteiger partial charge in [-0.25, -0.2) is 0 Å². The Morgan fingerprint density at radius 1 is 1.13 bits per heavy atom. The highest BCUT2D eigenvalue weighted by molar-refractivity contribution is 5.88.